The normalized spacial score (nSPS) is 24.5. The number of thiazole rings is 1. The van der Waals surface area contributed by atoms with Crippen LogP contribution in [-0.4, -0.2) is 57.3 Å². The maximum Gasteiger partial charge on any atom is 0.240 e. The maximum absolute atomic E-state index is 14.0. The number of likely N-dealkylation sites (tertiary alicyclic amines) is 1. The van der Waals surface area contributed by atoms with Crippen molar-refractivity contribution in [3.63, 3.8) is 0 Å². The zero-order valence-electron chi connectivity index (χ0n) is 14.7. The Labute approximate surface area is 151 Å². The summed E-state index contributed by atoms with van der Waals surface area (Å²) in [5.74, 6) is 2.00. The molecule has 1 saturated carbocycles. The topological polar surface area (TPSA) is 58.3 Å². The van der Waals surface area contributed by atoms with Crippen molar-refractivity contribution in [3.05, 3.63) is 27.8 Å². The van der Waals surface area contributed by atoms with Gasteiger partial charge >= 0.3 is 0 Å². The molecule has 0 aromatic carbocycles. The molecule has 6 nitrogen and oxygen atoms in total. The summed E-state index contributed by atoms with van der Waals surface area (Å²) < 4.78 is 19.4. The third-order valence-corrected chi connectivity index (χ3v) is 5.94. The fourth-order valence-electron chi connectivity index (χ4n) is 3.46. The van der Waals surface area contributed by atoms with Gasteiger partial charge in [-0.3, -0.25) is 9.80 Å². The second-order valence-electron chi connectivity index (χ2n) is 7.29. The molecule has 25 heavy (non-hydrogen) atoms. The molecule has 8 heteroatoms. The predicted molar refractivity (Wildman–Crippen MR) is 93.2 cm³/mol. The van der Waals surface area contributed by atoms with Crippen LogP contribution in [0.25, 0.3) is 0 Å². The molecule has 2 aromatic rings. The zero-order valence-corrected chi connectivity index (χ0v) is 15.5. The van der Waals surface area contributed by atoms with Crippen molar-refractivity contribution in [1.82, 2.24) is 24.9 Å². The quantitative estimate of drug-likeness (QED) is 0.752. The molecule has 136 valence electrons. The predicted octanol–water partition coefficient (Wildman–Crippen LogP) is 2.76. The summed E-state index contributed by atoms with van der Waals surface area (Å²) in [6, 6.07) is 0.201. The summed E-state index contributed by atoms with van der Waals surface area (Å²) in [6.45, 7) is 4.70. The van der Waals surface area contributed by atoms with Crippen molar-refractivity contribution >= 4 is 11.3 Å². The first-order valence-electron chi connectivity index (χ1n) is 8.86. The Morgan fingerprint density at radius 1 is 1.44 bits per heavy atom. The van der Waals surface area contributed by atoms with E-state index in [1.165, 1.54) is 17.7 Å². The van der Waals surface area contributed by atoms with Crippen LogP contribution in [0, 0.1) is 6.92 Å². The van der Waals surface area contributed by atoms with Gasteiger partial charge in [0.1, 0.15) is 6.17 Å². The van der Waals surface area contributed by atoms with Gasteiger partial charge in [-0.2, -0.15) is 4.98 Å². The molecule has 0 unspecified atom stereocenters. The Morgan fingerprint density at radius 3 is 3.00 bits per heavy atom. The third kappa shape index (κ3) is 4.07. The average molecular weight is 365 g/mol. The molecule has 2 atom stereocenters. The summed E-state index contributed by atoms with van der Waals surface area (Å²) in [5, 5.41) is 4.06. The summed E-state index contributed by atoms with van der Waals surface area (Å²) in [7, 11) is 2.03. The van der Waals surface area contributed by atoms with Gasteiger partial charge in [-0.15, -0.1) is 11.3 Å². The molecule has 0 amide bonds. The number of rotatable bonds is 7. The number of aryl methyl sites for hydroxylation is 1. The van der Waals surface area contributed by atoms with Gasteiger partial charge < -0.3 is 4.52 Å². The Morgan fingerprint density at radius 2 is 2.28 bits per heavy atom. The van der Waals surface area contributed by atoms with Gasteiger partial charge in [0.15, 0.2) is 5.82 Å². The summed E-state index contributed by atoms with van der Waals surface area (Å²) in [4.78, 5) is 14.4. The third-order valence-electron chi connectivity index (χ3n) is 5.02. The van der Waals surface area contributed by atoms with Crippen molar-refractivity contribution in [3.8, 4) is 0 Å². The lowest BCUT2D eigenvalue weighted by molar-refractivity contribution is 0.171. The van der Waals surface area contributed by atoms with Crippen LogP contribution in [0.5, 0.6) is 0 Å². The minimum atomic E-state index is -0.753. The second-order valence-corrected chi connectivity index (χ2v) is 8.23. The molecule has 1 aliphatic heterocycles. The van der Waals surface area contributed by atoms with E-state index in [1.807, 2.05) is 19.5 Å². The van der Waals surface area contributed by atoms with E-state index in [2.05, 4.69) is 24.9 Å². The number of aromatic nitrogens is 3. The lowest BCUT2D eigenvalue weighted by atomic mass is 10.2. The van der Waals surface area contributed by atoms with E-state index >= 15 is 0 Å². The van der Waals surface area contributed by atoms with Gasteiger partial charge in [-0.1, -0.05) is 5.16 Å². The molecule has 2 fully saturated rings. The molecule has 1 saturated heterocycles. The van der Waals surface area contributed by atoms with Gasteiger partial charge in [0.25, 0.3) is 0 Å². The molecule has 0 N–H and O–H groups in total. The average Bonchev–Trinajstić information content (AvgIpc) is 3.03. The standard InChI is InChI=1S/C17H24FN5OS/c1-11-15(25-10-19-11)8-23-6-13(18)5-14(23)7-22(2)9-16-20-17(21-24-16)12-3-4-12/h10,12-14H,3-9H2,1-2H3/t13-,14-/m0/s1. The van der Waals surface area contributed by atoms with Gasteiger partial charge in [0, 0.05) is 36.5 Å². The number of likely N-dealkylation sites (N-methyl/N-ethyl adjacent to an activating group) is 1. The molecular formula is C17H24FN5OS. The van der Waals surface area contributed by atoms with Crippen LogP contribution in [0.15, 0.2) is 10.0 Å². The second kappa shape index (κ2) is 7.09. The van der Waals surface area contributed by atoms with E-state index in [4.69, 9.17) is 4.52 Å². The van der Waals surface area contributed by atoms with E-state index in [0.29, 0.717) is 31.3 Å². The molecule has 0 spiro atoms. The van der Waals surface area contributed by atoms with E-state index < -0.39 is 6.17 Å². The van der Waals surface area contributed by atoms with Crippen molar-refractivity contribution in [1.29, 1.82) is 0 Å². The highest BCUT2D eigenvalue weighted by Crippen LogP contribution is 2.38. The van der Waals surface area contributed by atoms with Crippen molar-refractivity contribution in [2.75, 3.05) is 20.1 Å². The zero-order chi connectivity index (χ0) is 17.4. The van der Waals surface area contributed by atoms with Gasteiger partial charge in [0.05, 0.1) is 17.7 Å². The number of hydrogen-bond donors (Lipinski definition) is 0. The molecule has 0 bridgehead atoms. The summed E-state index contributed by atoms with van der Waals surface area (Å²) >= 11 is 1.65. The lowest BCUT2D eigenvalue weighted by Gasteiger charge is -2.27. The number of alkyl halides is 1. The van der Waals surface area contributed by atoms with Crippen LogP contribution in [0.2, 0.25) is 0 Å². The van der Waals surface area contributed by atoms with E-state index in [1.54, 1.807) is 11.3 Å². The molecule has 4 rings (SSSR count). The Hall–Kier alpha value is -1.38. The molecular weight excluding hydrogens is 341 g/mol. The van der Waals surface area contributed by atoms with Gasteiger partial charge in [-0.05, 0) is 33.2 Å². The van der Waals surface area contributed by atoms with Crippen LogP contribution < -0.4 is 0 Å². The fourth-order valence-corrected chi connectivity index (χ4v) is 4.26. The summed E-state index contributed by atoms with van der Waals surface area (Å²) in [6.07, 6.45) is 2.16. The number of nitrogens with zero attached hydrogens (tertiary/aromatic N) is 5. The molecule has 2 aliphatic rings. The molecule has 3 heterocycles. The lowest BCUT2D eigenvalue weighted by Crippen LogP contribution is -2.38. The van der Waals surface area contributed by atoms with Gasteiger partial charge in [0.2, 0.25) is 5.89 Å². The van der Waals surface area contributed by atoms with E-state index in [9.17, 15) is 4.39 Å². The number of hydrogen-bond acceptors (Lipinski definition) is 7. The Kier molecular flexibility index (Phi) is 4.84. The molecule has 0 radical (unpaired) electrons. The van der Waals surface area contributed by atoms with Crippen LogP contribution in [0.3, 0.4) is 0 Å². The van der Waals surface area contributed by atoms with Crippen LogP contribution in [0.4, 0.5) is 4.39 Å². The first kappa shape index (κ1) is 17.1. The number of halogens is 1. The van der Waals surface area contributed by atoms with Gasteiger partial charge in [-0.25, -0.2) is 9.37 Å². The Balaban J connectivity index is 1.34. The molecule has 2 aromatic heterocycles. The van der Waals surface area contributed by atoms with E-state index in [-0.39, 0.29) is 6.04 Å². The largest absolute Gasteiger partial charge is 0.338 e. The van der Waals surface area contributed by atoms with E-state index in [0.717, 1.165) is 24.6 Å². The summed E-state index contributed by atoms with van der Waals surface area (Å²) in [5.41, 5.74) is 2.92. The first-order chi connectivity index (χ1) is 12.1. The maximum atomic E-state index is 14.0. The highest BCUT2D eigenvalue weighted by molar-refractivity contribution is 7.09. The fraction of sp³-hybridized carbons (Fsp3) is 0.706. The Bertz CT molecular complexity index is 715. The first-order valence-corrected chi connectivity index (χ1v) is 9.74. The minimum Gasteiger partial charge on any atom is -0.338 e. The van der Waals surface area contributed by atoms with Crippen molar-refractivity contribution < 1.29 is 8.91 Å². The highest BCUT2D eigenvalue weighted by atomic mass is 32.1. The monoisotopic (exact) mass is 365 g/mol. The molecule has 1 aliphatic carbocycles. The van der Waals surface area contributed by atoms with Crippen LogP contribution in [-0.2, 0) is 13.1 Å². The van der Waals surface area contributed by atoms with Crippen molar-refractivity contribution in [2.45, 2.75) is 57.4 Å². The van der Waals surface area contributed by atoms with Crippen molar-refractivity contribution in [2.24, 2.45) is 0 Å². The minimum absolute atomic E-state index is 0.201. The highest BCUT2D eigenvalue weighted by Gasteiger charge is 2.34. The van der Waals surface area contributed by atoms with Crippen LogP contribution >= 0.6 is 11.3 Å². The smallest absolute Gasteiger partial charge is 0.240 e. The van der Waals surface area contributed by atoms with Crippen LogP contribution in [0.1, 0.15) is 47.5 Å². The SMILES string of the molecule is Cc1ncsc1CN1C[C@@H](F)C[C@H]1CN(C)Cc1nc(C2CC2)no1.